The maximum Gasteiger partial charge on any atom is 0.257 e. The van der Waals surface area contributed by atoms with Crippen molar-refractivity contribution in [3.8, 4) is 17.2 Å². The van der Waals surface area contributed by atoms with E-state index in [9.17, 15) is 4.39 Å². The van der Waals surface area contributed by atoms with Crippen molar-refractivity contribution >= 4 is 11.1 Å². The number of ether oxygens (including phenoxy) is 1. The number of hydrogen-bond donors (Lipinski definition) is 0. The predicted octanol–water partition coefficient (Wildman–Crippen LogP) is 4.43. The Hall–Kier alpha value is -3.29. The fraction of sp³-hybridized carbons (Fsp3) is 0.263. The molecule has 1 aliphatic carbocycles. The second kappa shape index (κ2) is 6.15. The fourth-order valence-electron chi connectivity index (χ4n) is 2.91. The molecule has 0 saturated heterocycles. The third-order valence-corrected chi connectivity index (χ3v) is 4.50. The Morgan fingerprint density at radius 1 is 1.22 bits per heavy atom. The zero-order chi connectivity index (χ0) is 18.4. The highest BCUT2D eigenvalue weighted by molar-refractivity contribution is 5.81. The number of pyridine rings is 1. The molecule has 4 aromatic rings. The van der Waals surface area contributed by atoms with Crippen LogP contribution < -0.4 is 4.74 Å². The van der Waals surface area contributed by atoms with E-state index in [1.54, 1.807) is 31.3 Å². The van der Waals surface area contributed by atoms with Gasteiger partial charge in [0.15, 0.2) is 17.7 Å². The van der Waals surface area contributed by atoms with Gasteiger partial charge in [0.2, 0.25) is 5.89 Å². The average Bonchev–Trinajstić information content (AvgIpc) is 3.24. The van der Waals surface area contributed by atoms with Crippen molar-refractivity contribution in [3.05, 3.63) is 53.9 Å². The quantitative estimate of drug-likeness (QED) is 0.516. The van der Waals surface area contributed by atoms with Gasteiger partial charge in [0.05, 0.1) is 16.6 Å². The minimum atomic E-state index is -0.600. The van der Waals surface area contributed by atoms with E-state index in [1.807, 2.05) is 6.07 Å². The van der Waals surface area contributed by atoms with Gasteiger partial charge in [0.25, 0.3) is 11.6 Å². The third-order valence-electron chi connectivity index (χ3n) is 4.50. The Bertz CT molecular complexity index is 1120. The highest BCUT2D eigenvalue weighted by Gasteiger charge is 2.29. The van der Waals surface area contributed by atoms with Crippen LogP contribution in [0.5, 0.6) is 5.75 Å². The Kier molecular flexibility index (Phi) is 3.63. The lowest BCUT2D eigenvalue weighted by Crippen LogP contribution is -2.04. The van der Waals surface area contributed by atoms with Crippen LogP contribution in [0.25, 0.3) is 22.6 Å². The van der Waals surface area contributed by atoms with E-state index in [0.717, 1.165) is 23.9 Å². The molecule has 1 fully saturated rings. The van der Waals surface area contributed by atoms with Gasteiger partial charge in [-0.15, -0.1) is 10.2 Å². The summed E-state index contributed by atoms with van der Waals surface area (Å²) in [6.07, 6.45) is 3.23. The number of halogens is 1. The van der Waals surface area contributed by atoms with Crippen LogP contribution in [0.2, 0.25) is 0 Å². The van der Waals surface area contributed by atoms with Crippen molar-refractivity contribution < 1.29 is 18.1 Å². The van der Waals surface area contributed by atoms with Crippen molar-refractivity contribution in [1.82, 2.24) is 20.3 Å². The first-order valence-electron chi connectivity index (χ1n) is 8.69. The molecule has 1 aromatic carbocycles. The molecule has 27 heavy (non-hydrogen) atoms. The van der Waals surface area contributed by atoms with Crippen molar-refractivity contribution in [1.29, 1.82) is 0 Å². The molecule has 0 amide bonds. The van der Waals surface area contributed by atoms with Crippen LogP contribution in [-0.2, 0) is 0 Å². The predicted molar refractivity (Wildman–Crippen MR) is 92.5 cm³/mol. The molecule has 1 atom stereocenters. The zero-order valence-electron chi connectivity index (χ0n) is 14.4. The Morgan fingerprint density at radius 2 is 2.07 bits per heavy atom. The van der Waals surface area contributed by atoms with Gasteiger partial charge in [-0.1, -0.05) is 17.3 Å². The van der Waals surface area contributed by atoms with Crippen LogP contribution in [-0.4, -0.2) is 20.3 Å². The molecule has 136 valence electrons. The van der Waals surface area contributed by atoms with Crippen LogP contribution in [0.15, 0.2) is 45.5 Å². The van der Waals surface area contributed by atoms with E-state index < -0.39 is 11.9 Å². The van der Waals surface area contributed by atoms with Gasteiger partial charge in [-0.25, -0.2) is 9.37 Å². The van der Waals surface area contributed by atoms with Gasteiger partial charge < -0.3 is 13.7 Å². The summed E-state index contributed by atoms with van der Waals surface area (Å²) in [5, 5.41) is 13.1. The summed E-state index contributed by atoms with van der Waals surface area (Å²) in [6.45, 7) is 1.72. The summed E-state index contributed by atoms with van der Waals surface area (Å²) in [5.74, 6) is 0.688. The van der Waals surface area contributed by atoms with E-state index in [0.29, 0.717) is 23.1 Å². The van der Waals surface area contributed by atoms with Gasteiger partial charge in [0, 0.05) is 12.1 Å². The SMILES string of the molecule is CC(Oc1ccccc1F)c1nnc(-c2cnc3onc(C4CC4)c3c2)o1. The highest BCUT2D eigenvalue weighted by atomic mass is 19.1. The normalized spacial score (nSPS) is 15.2. The molecule has 7 nitrogen and oxygen atoms in total. The number of fused-ring (bicyclic) bond motifs is 1. The molecule has 5 rings (SSSR count). The monoisotopic (exact) mass is 366 g/mol. The minimum absolute atomic E-state index is 0.131. The molecule has 3 aromatic heterocycles. The summed E-state index contributed by atoms with van der Waals surface area (Å²) < 4.78 is 30.3. The summed E-state index contributed by atoms with van der Waals surface area (Å²) in [6, 6.07) is 8.07. The average molecular weight is 366 g/mol. The smallest absolute Gasteiger partial charge is 0.257 e. The topological polar surface area (TPSA) is 87.1 Å². The molecule has 0 bridgehead atoms. The molecular weight excluding hydrogens is 351 g/mol. The molecule has 0 radical (unpaired) electrons. The third kappa shape index (κ3) is 2.92. The second-order valence-electron chi connectivity index (χ2n) is 6.55. The summed E-state index contributed by atoms with van der Waals surface area (Å²) in [7, 11) is 0. The Balaban J connectivity index is 1.42. The van der Waals surface area contributed by atoms with Gasteiger partial charge in [-0.2, -0.15) is 0 Å². The number of para-hydroxylation sites is 1. The number of aromatic nitrogens is 4. The van der Waals surface area contributed by atoms with Gasteiger partial charge in [-0.05, 0) is 38.0 Å². The minimum Gasteiger partial charge on any atom is -0.478 e. The van der Waals surface area contributed by atoms with E-state index in [1.165, 1.54) is 6.07 Å². The van der Waals surface area contributed by atoms with Gasteiger partial charge >= 0.3 is 0 Å². The lowest BCUT2D eigenvalue weighted by molar-refractivity contribution is 0.182. The molecule has 1 saturated carbocycles. The standard InChI is InChI=1S/C19H15FN4O3/c1-10(25-15-5-3-2-4-14(15)20)17-22-23-18(26-17)12-8-13-16(11-6-7-11)24-27-19(13)21-9-12/h2-5,8-11H,6-7H2,1H3. The Labute approximate surface area is 153 Å². The van der Waals surface area contributed by atoms with Crippen molar-refractivity contribution in [3.63, 3.8) is 0 Å². The maximum atomic E-state index is 13.7. The van der Waals surface area contributed by atoms with E-state index in [4.69, 9.17) is 13.7 Å². The number of benzene rings is 1. The largest absolute Gasteiger partial charge is 0.478 e. The zero-order valence-corrected chi connectivity index (χ0v) is 14.4. The summed E-state index contributed by atoms with van der Waals surface area (Å²) >= 11 is 0. The first kappa shape index (κ1) is 15.9. The van der Waals surface area contributed by atoms with Crippen LogP contribution >= 0.6 is 0 Å². The van der Waals surface area contributed by atoms with Crippen molar-refractivity contribution in [2.75, 3.05) is 0 Å². The van der Waals surface area contributed by atoms with E-state index in [2.05, 4.69) is 20.3 Å². The molecular formula is C19H15FN4O3. The molecule has 8 heteroatoms. The maximum absolute atomic E-state index is 13.7. The molecule has 1 unspecified atom stereocenters. The fourth-order valence-corrected chi connectivity index (χ4v) is 2.91. The summed E-state index contributed by atoms with van der Waals surface area (Å²) in [5.41, 5.74) is 2.09. The van der Waals surface area contributed by atoms with Gasteiger partial charge in [0.1, 0.15) is 0 Å². The molecule has 1 aliphatic rings. The number of rotatable bonds is 5. The van der Waals surface area contributed by atoms with E-state index >= 15 is 0 Å². The number of nitrogens with zero attached hydrogens (tertiary/aromatic N) is 4. The van der Waals surface area contributed by atoms with Crippen LogP contribution in [0.1, 0.15) is 43.4 Å². The molecule has 0 spiro atoms. The van der Waals surface area contributed by atoms with Crippen LogP contribution in [0.4, 0.5) is 4.39 Å². The first-order valence-corrected chi connectivity index (χ1v) is 8.69. The molecule has 3 heterocycles. The molecule has 0 N–H and O–H groups in total. The first-order chi connectivity index (χ1) is 13.2. The lowest BCUT2D eigenvalue weighted by atomic mass is 10.1. The second-order valence-corrected chi connectivity index (χ2v) is 6.55. The van der Waals surface area contributed by atoms with E-state index in [-0.39, 0.29) is 11.6 Å². The molecule has 0 aliphatic heterocycles. The van der Waals surface area contributed by atoms with Crippen LogP contribution in [0, 0.1) is 5.82 Å². The highest BCUT2D eigenvalue weighted by Crippen LogP contribution is 2.42. The van der Waals surface area contributed by atoms with Crippen molar-refractivity contribution in [2.24, 2.45) is 0 Å². The van der Waals surface area contributed by atoms with Crippen molar-refractivity contribution in [2.45, 2.75) is 31.8 Å². The Morgan fingerprint density at radius 3 is 2.89 bits per heavy atom. The van der Waals surface area contributed by atoms with Gasteiger partial charge in [-0.3, -0.25) is 0 Å². The number of hydrogen-bond acceptors (Lipinski definition) is 7. The lowest BCUT2D eigenvalue weighted by Gasteiger charge is -2.11. The van der Waals surface area contributed by atoms with Crippen LogP contribution in [0.3, 0.4) is 0 Å². The summed E-state index contributed by atoms with van der Waals surface area (Å²) in [4.78, 5) is 4.28.